The highest BCUT2D eigenvalue weighted by Gasteiger charge is 2.36. The van der Waals surface area contributed by atoms with E-state index in [0.29, 0.717) is 11.5 Å². The first-order valence-corrected chi connectivity index (χ1v) is 6.29. The third kappa shape index (κ3) is 2.58. The average molecular weight is 217 g/mol. The van der Waals surface area contributed by atoms with Crippen LogP contribution in [0.5, 0.6) is 0 Å². The van der Waals surface area contributed by atoms with E-state index >= 15 is 0 Å². The van der Waals surface area contributed by atoms with Gasteiger partial charge in [-0.3, -0.25) is 0 Å². The van der Waals surface area contributed by atoms with Gasteiger partial charge in [-0.25, -0.2) is 0 Å². The van der Waals surface area contributed by atoms with Gasteiger partial charge < -0.3 is 5.32 Å². The summed E-state index contributed by atoms with van der Waals surface area (Å²) in [6.07, 6.45) is 2.61. The number of anilines is 1. The molecule has 2 atom stereocenters. The van der Waals surface area contributed by atoms with Gasteiger partial charge in [0.25, 0.3) is 0 Å². The number of nitrogens with one attached hydrogen (secondary N) is 1. The van der Waals surface area contributed by atoms with Crippen molar-refractivity contribution in [2.75, 3.05) is 5.32 Å². The molecule has 0 bridgehead atoms. The standard InChI is InChI=1S/C15H23N/c1-11-5-7-13(8-6-11)16-14-10-15(3,4)9-12(14)2/h5-8,12,14,16H,9-10H2,1-4H3. The van der Waals surface area contributed by atoms with Crippen LogP contribution in [0, 0.1) is 18.3 Å². The molecule has 1 heteroatoms. The zero-order valence-corrected chi connectivity index (χ0v) is 10.9. The van der Waals surface area contributed by atoms with Crippen molar-refractivity contribution < 1.29 is 0 Å². The van der Waals surface area contributed by atoms with E-state index < -0.39 is 0 Å². The van der Waals surface area contributed by atoms with Crippen molar-refractivity contribution in [3.63, 3.8) is 0 Å². The number of aryl methyl sites for hydroxylation is 1. The zero-order chi connectivity index (χ0) is 11.8. The highest BCUT2D eigenvalue weighted by molar-refractivity contribution is 5.45. The van der Waals surface area contributed by atoms with Gasteiger partial charge in [0.05, 0.1) is 0 Å². The molecule has 2 rings (SSSR count). The van der Waals surface area contributed by atoms with Crippen LogP contribution >= 0.6 is 0 Å². The molecule has 2 unspecified atom stereocenters. The summed E-state index contributed by atoms with van der Waals surface area (Å²) in [6.45, 7) is 9.24. The van der Waals surface area contributed by atoms with Crippen molar-refractivity contribution in [3.8, 4) is 0 Å². The fourth-order valence-corrected chi connectivity index (χ4v) is 2.95. The predicted molar refractivity (Wildman–Crippen MR) is 70.8 cm³/mol. The summed E-state index contributed by atoms with van der Waals surface area (Å²) in [5.41, 5.74) is 3.09. The van der Waals surface area contributed by atoms with E-state index in [0.717, 1.165) is 5.92 Å². The van der Waals surface area contributed by atoms with Crippen molar-refractivity contribution in [1.82, 2.24) is 0 Å². The van der Waals surface area contributed by atoms with Gasteiger partial charge in [-0.15, -0.1) is 0 Å². The van der Waals surface area contributed by atoms with Gasteiger partial charge in [0.15, 0.2) is 0 Å². The minimum absolute atomic E-state index is 0.502. The Hall–Kier alpha value is -0.980. The Labute approximate surface area is 99.3 Å². The van der Waals surface area contributed by atoms with Crippen LogP contribution in [0.4, 0.5) is 5.69 Å². The fourth-order valence-electron chi connectivity index (χ4n) is 2.95. The molecule has 1 aliphatic rings. The molecule has 0 spiro atoms. The van der Waals surface area contributed by atoms with Crippen LogP contribution in [0.2, 0.25) is 0 Å². The van der Waals surface area contributed by atoms with Gasteiger partial charge in [-0.1, -0.05) is 38.5 Å². The highest BCUT2D eigenvalue weighted by atomic mass is 14.9. The van der Waals surface area contributed by atoms with Gasteiger partial charge in [-0.2, -0.15) is 0 Å². The third-order valence-corrected chi connectivity index (χ3v) is 3.74. The van der Waals surface area contributed by atoms with E-state index in [-0.39, 0.29) is 0 Å². The van der Waals surface area contributed by atoms with E-state index in [1.165, 1.54) is 24.1 Å². The van der Waals surface area contributed by atoms with Gasteiger partial charge in [-0.05, 0) is 43.2 Å². The van der Waals surface area contributed by atoms with Crippen LogP contribution in [0.15, 0.2) is 24.3 Å². The lowest BCUT2D eigenvalue weighted by molar-refractivity contribution is 0.366. The van der Waals surface area contributed by atoms with Gasteiger partial charge in [0, 0.05) is 11.7 Å². The summed E-state index contributed by atoms with van der Waals surface area (Å²) in [7, 11) is 0. The molecule has 1 fully saturated rings. The molecule has 0 aliphatic heterocycles. The van der Waals surface area contributed by atoms with Crippen molar-refractivity contribution in [1.29, 1.82) is 0 Å². The molecule has 0 heterocycles. The second-order valence-corrected chi connectivity index (χ2v) is 6.17. The average Bonchev–Trinajstić information content (AvgIpc) is 2.44. The second kappa shape index (κ2) is 4.12. The molecule has 88 valence electrons. The molecule has 1 nitrogen and oxygen atoms in total. The maximum Gasteiger partial charge on any atom is 0.0342 e. The molecule has 0 aromatic heterocycles. The van der Waals surface area contributed by atoms with Gasteiger partial charge >= 0.3 is 0 Å². The maximum atomic E-state index is 3.67. The summed E-state index contributed by atoms with van der Waals surface area (Å²) in [5.74, 6) is 0.774. The van der Waals surface area contributed by atoms with Crippen LogP contribution in [0.25, 0.3) is 0 Å². The summed E-state index contributed by atoms with van der Waals surface area (Å²) in [4.78, 5) is 0. The lowest BCUT2D eigenvalue weighted by atomic mass is 9.91. The fraction of sp³-hybridized carbons (Fsp3) is 0.600. The normalized spacial score (nSPS) is 28.0. The van der Waals surface area contributed by atoms with Crippen molar-refractivity contribution in [2.24, 2.45) is 11.3 Å². The van der Waals surface area contributed by atoms with Crippen molar-refractivity contribution in [3.05, 3.63) is 29.8 Å². The Morgan fingerprint density at radius 2 is 1.75 bits per heavy atom. The summed E-state index contributed by atoms with van der Waals surface area (Å²) >= 11 is 0. The number of rotatable bonds is 2. The number of hydrogen-bond acceptors (Lipinski definition) is 1. The first-order chi connectivity index (χ1) is 7.46. The Morgan fingerprint density at radius 3 is 2.25 bits per heavy atom. The van der Waals surface area contributed by atoms with E-state index in [9.17, 15) is 0 Å². The Kier molecular flexibility index (Phi) is 2.96. The Morgan fingerprint density at radius 1 is 1.12 bits per heavy atom. The van der Waals surface area contributed by atoms with Crippen LogP contribution < -0.4 is 5.32 Å². The lowest BCUT2D eigenvalue weighted by Crippen LogP contribution is -2.22. The minimum atomic E-state index is 0.502. The predicted octanol–water partition coefficient (Wildman–Crippen LogP) is 4.23. The van der Waals surface area contributed by atoms with Crippen molar-refractivity contribution >= 4 is 5.69 Å². The van der Waals surface area contributed by atoms with Crippen LogP contribution in [-0.4, -0.2) is 6.04 Å². The molecular formula is C15H23N. The van der Waals surface area contributed by atoms with Gasteiger partial charge in [0.2, 0.25) is 0 Å². The van der Waals surface area contributed by atoms with Crippen LogP contribution in [0.1, 0.15) is 39.2 Å². The zero-order valence-electron chi connectivity index (χ0n) is 10.9. The molecule has 16 heavy (non-hydrogen) atoms. The maximum absolute atomic E-state index is 3.67. The molecule has 1 aliphatic carbocycles. The van der Waals surface area contributed by atoms with E-state index in [1.807, 2.05) is 0 Å². The summed E-state index contributed by atoms with van der Waals surface area (Å²) in [6, 6.07) is 9.36. The van der Waals surface area contributed by atoms with E-state index in [2.05, 4.69) is 57.3 Å². The lowest BCUT2D eigenvalue weighted by Gasteiger charge is -2.19. The molecule has 0 saturated heterocycles. The molecule has 0 radical (unpaired) electrons. The summed E-state index contributed by atoms with van der Waals surface area (Å²) in [5, 5.41) is 3.67. The number of benzene rings is 1. The Balaban J connectivity index is 2.03. The molecular weight excluding hydrogens is 194 g/mol. The molecule has 1 N–H and O–H groups in total. The van der Waals surface area contributed by atoms with Crippen molar-refractivity contribution in [2.45, 2.75) is 46.6 Å². The quantitative estimate of drug-likeness (QED) is 0.781. The smallest absolute Gasteiger partial charge is 0.0342 e. The van der Waals surface area contributed by atoms with Crippen LogP contribution in [-0.2, 0) is 0 Å². The molecule has 1 aromatic carbocycles. The third-order valence-electron chi connectivity index (χ3n) is 3.74. The first-order valence-electron chi connectivity index (χ1n) is 6.29. The first kappa shape index (κ1) is 11.5. The van der Waals surface area contributed by atoms with Crippen LogP contribution in [0.3, 0.4) is 0 Å². The van der Waals surface area contributed by atoms with E-state index in [1.54, 1.807) is 0 Å². The largest absolute Gasteiger partial charge is 0.382 e. The topological polar surface area (TPSA) is 12.0 Å². The molecule has 1 saturated carbocycles. The monoisotopic (exact) mass is 217 g/mol. The van der Waals surface area contributed by atoms with E-state index in [4.69, 9.17) is 0 Å². The number of hydrogen-bond donors (Lipinski definition) is 1. The molecule has 0 amide bonds. The minimum Gasteiger partial charge on any atom is -0.382 e. The molecule has 1 aromatic rings. The highest BCUT2D eigenvalue weighted by Crippen LogP contribution is 2.42. The SMILES string of the molecule is Cc1ccc(NC2CC(C)(C)CC2C)cc1. The Bertz CT molecular complexity index is 350. The van der Waals surface area contributed by atoms with Gasteiger partial charge in [0.1, 0.15) is 0 Å². The summed E-state index contributed by atoms with van der Waals surface area (Å²) < 4.78 is 0. The second-order valence-electron chi connectivity index (χ2n) is 6.17.